The molecule has 0 aliphatic carbocycles. The van der Waals surface area contributed by atoms with Gasteiger partial charge in [-0.1, -0.05) is 0 Å². The molecule has 1 rings (SSSR count). The van der Waals surface area contributed by atoms with Crippen LogP contribution in [0, 0.1) is 0 Å². The third-order valence-electron chi connectivity index (χ3n) is 2.32. The molecule has 0 amide bonds. The fourth-order valence-electron chi connectivity index (χ4n) is 1.43. The molecule has 0 aromatic heterocycles. The minimum absolute atomic E-state index is 0.889. The van der Waals surface area contributed by atoms with Gasteiger partial charge in [0.1, 0.15) is 12.2 Å². The molecule has 15 heavy (non-hydrogen) atoms. The second kappa shape index (κ2) is 3.61. The first-order valence-corrected chi connectivity index (χ1v) is 4.18. The Hall–Kier alpha value is -0.320. The number of hydrogen-bond donors (Lipinski definition) is 7. The van der Waals surface area contributed by atoms with Gasteiger partial charge in [-0.3, -0.25) is 0 Å². The van der Waals surface area contributed by atoms with Crippen LogP contribution in [0.25, 0.3) is 0 Å². The van der Waals surface area contributed by atoms with Gasteiger partial charge in [0.2, 0.25) is 5.79 Å². The van der Waals surface area contributed by atoms with Crippen LogP contribution in [-0.2, 0) is 4.74 Å². The molecule has 0 bridgehead atoms. The Bertz CT molecular complexity index is 237. The molecular formula is C7H14O8. The third-order valence-corrected chi connectivity index (χ3v) is 2.32. The van der Waals surface area contributed by atoms with E-state index in [4.69, 9.17) is 10.2 Å². The fraction of sp³-hybridized carbons (Fsp3) is 1.00. The zero-order valence-corrected chi connectivity index (χ0v) is 7.85. The molecular weight excluding hydrogens is 212 g/mol. The average molecular weight is 226 g/mol. The monoisotopic (exact) mass is 226 g/mol. The predicted octanol–water partition coefficient (Wildman–Crippen LogP) is -4.19. The number of ether oxygens (including phenoxy) is 1. The Morgan fingerprint density at radius 2 is 1.60 bits per heavy atom. The summed E-state index contributed by atoms with van der Waals surface area (Å²) in [5.41, 5.74) is 0. The van der Waals surface area contributed by atoms with Gasteiger partial charge < -0.3 is 40.5 Å². The van der Waals surface area contributed by atoms with Crippen molar-refractivity contribution in [3.8, 4) is 0 Å². The first-order chi connectivity index (χ1) is 6.60. The molecule has 4 atom stereocenters. The van der Waals surface area contributed by atoms with Gasteiger partial charge in [0.15, 0.2) is 18.2 Å². The molecule has 7 N–H and O–H groups in total. The Morgan fingerprint density at radius 3 is 2.00 bits per heavy atom. The topological polar surface area (TPSA) is 151 Å². The van der Waals surface area contributed by atoms with E-state index >= 15 is 0 Å². The quantitative estimate of drug-likeness (QED) is 0.222. The van der Waals surface area contributed by atoms with Crippen molar-refractivity contribution in [2.45, 2.75) is 43.1 Å². The van der Waals surface area contributed by atoms with E-state index in [-0.39, 0.29) is 0 Å². The molecule has 8 nitrogen and oxygen atoms in total. The van der Waals surface area contributed by atoms with Crippen LogP contribution in [0.3, 0.4) is 0 Å². The highest BCUT2D eigenvalue weighted by molar-refractivity contribution is 4.99. The summed E-state index contributed by atoms with van der Waals surface area (Å²) in [6, 6.07) is 0. The van der Waals surface area contributed by atoms with Crippen LogP contribution in [-0.4, -0.2) is 71.9 Å². The largest absolute Gasteiger partial charge is 0.384 e. The number of aliphatic hydroxyl groups excluding tert-OH is 3. The summed E-state index contributed by atoms with van der Waals surface area (Å²) in [7, 11) is 0. The van der Waals surface area contributed by atoms with Gasteiger partial charge in [0.05, 0.1) is 0 Å². The Kier molecular flexibility index (Phi) is 3.07. The van der Waals surface area contributed by atoms with Gasteiger partial charge >= 0.3 is 0 Å². The van der Waals surface area contributed by atoms with Crippen molar-refractivity contribution in [3.63, 3.8) is 0 Å². The molecule has 1 saturated heterocycles. The van der Waals surface area contributed by atoms with Gasteiger partial charge in [-0.25, -0.2) is 0 Å². The van der Waals surface area contributed by atoms with Crippen molar-refractivity contribution >= 4 is 0 Å². The van der Waals surface area contributed by atoms with Gasteiger partial charge in [0.25, 0.3) is 0 Å². The molecule has 90 valence electrons. The van der Waals surface area contributed by atoms with E-state index < -0.39 is 36.2 Å². The number of aliphatic hydroxyl groups is 7. The first kappa shape index (κ1) is 12.7. The van der Waals surface area contributed by atoms with Crippen molar-refractivity contribution < 1.29 is 40.5 Å². The van der Waals surface area contributed by atoms with Gasteiger partial charge in [-0.05, 0) is 6.92 Å². The van der Waals surface area contributed by atoms with Crippen LogP contribution in [0.1, 0.15) is 6.92 Å². The molecule has 8 heteroatoms. The van der Waals surface area contributed by atoms with E-state index in [2.05, 4.69) is 4.74 Å². The summed E-state index contributed by atoms with van der Waals surface area (Å²) in [6.07, 6.45) is -8.47. The Balaban J connectivity index is 3.02. The maximum absolute atomic E-state index is 9.39. The van der Waals surface area contributed by atoms with Crippen LogP contribution in [0.2, 0.25) is 0 Å². The van der Waals surface area contributed by atoms with E-state index in [0.29, 0.717) is 0 Å². The van der Waals surface area contributed by atoms with Crippen LogP contribution in [0.5, 0.6) is 0 Å². The summed E-state index contributed by atoms with van der Waals surface area (Å²) in [5, 5.41) is 63.9. The lowest BCUT2D eigenvalue weighted by Gasteiger charge is -2.48. The van der Waals surface area contributed by atoms with Crippen molar-refractivity contribution in [1.82, 2.24) is 0 Å². The summed E-state index contributed by atoms with van der Waals surface area (Å²) >= 11 is 0. The average Bonchev–Trinajstić information content (AvgIpc) is 2.09. The van der Waals surface area contributed by atoms with Crippen LogP contribution in [0.4, 0.5) is 0 Å². The fourth-order valence-corrected chi connectivity index (χ4v) is 1.43. The summed E-state index contributed by atoms with van der Waals surface area (Å²) in [5.74, 6) is -5.52. The third kappa shape index (κ3) is 1.98. The molecule has 1 heterocycles. The lowest BCUT2D eigenvalue weighted by atomic mass is 9.89. The highest BCUT2D eigenvalue weighted by atomic mass is 16.7. The van der Waals surface area contributed by atoms with E-state index in [0.717, 1.165) is 6.92 Å². The Morgan fingerprint density at radius 1 is 1.13 bits per heavy atom. The molecule has 0 saturated carbocycles. The van der Waals surface area contributed by atoms with Gasteiger partial charge in [-0.15, -0.1) is 0 Å². The number of rotatable bonds is 1. The van der Waals surface area contributed by atoms with E-state index in [1.165, 1.54) is 0 Å². The number of hydrogen-bond acceptors (Lipinski definition) is 8. The lowest BCUT2D eigenvalue weighted by molar-refractivity contribution is -0.429. The van der Waals surface area contributed by atoms with Crippen molar-refractivity contribution in [1.29, 1.82) is 0 Å². The van der Waals surface area contributed by atoms with Gasteiger partial charge in [-0.2, -0.15) is 0 Å². The van der Waals surface area contributed by atoms with Crippen molar-refractivity contribution in [3.05, 3.63) is 0 Å². The van der Waals surface area contributed by atoms with Gasteiger partial charge in [0, 0.05) is 0 Å². The van der Waals surface area contributed by atoms with E-state index in [1.807, 2.05) is 0 Å². The van der Waals surface area contributed by atoms with E-state index in [9.17, 15) is 25.5 Å². The van der Waals surface area contributed by atoms with Crippen molar-refractivity contribution in [2.24, 2.45) is 0 Å². The molecule has 1 aliphatic rings. The molecule has 1 fully saturated rings. The minimum Gasteiger partial charge on any atom is -0.384 e. The first-order valence-electron chi connectivity index (χ1n) is 4.18. The van der Waals surface area contributed by atoms with E-state index in [1.54, 1.807) is 0 Å². The Labute approximate surface area is 84.6 Å². The molecule has 0 aromatic rings. The zero-order chi connectivity index (χ0) is 12.0. The molecule has 1 aliphatic heterocycles. The standard InChI is InChI=1S/C7H14O8/c1-6(12)5(11)7(13,14)3(8)2(15-6)4(9)10/h2-5,8-14H,1H3/t2-,3+,5-,6-/m0/s1. The summed E-state index contributed by atoms with van der Waals surface area (Å²) in [6.45, 7) is 0.889. The highest BCUT2D eigenvalue weighted by Crippen LogP contribution is 2.34. The maximum atomic E-state index is 9.39. The molecule has 0 spiro atoms. The molecule has 0 aromatic carbocycles. The highest BCUT2D eigenvalue weighted by Gasteiger charge is 2.60. The molecule has 0 unspecified atom stereocenters. The van der Waals surface area contributed by atoms with Crippen LogP contribution >= 0.6 is 0 Å². The smallest absolute Gasteiger partial charge is 0.224 e. The zero-order valence-electron chi connectivity index (χ0n) is 7.85. The van der Waals surface area contributed by atoms with Crippen LogP contribution < -0.4 is 0 Å². The maximum Gasteiger partial charge on any atom is 0.224 e. The normalized spacial score (nSPS) is 45.8. The summed E-state index contributed by atoms with van der Waals surface area (Å²) in [4.78, 5) is 0. The summed E-state index contributed by atoms with van der Waals surface area (Å²) < 4.78 is 4.53. The second-order valence-electron chi connectivity index (χ2n) is 3.68. The SMILES string of the molecule is C[C@]1(O)O[C@H](C(O)O)[C@@H](O)C(O)(O)[C@H]1O. The predicted molar refractivity (Wildman–Crippen MR) is 42.9 cm³/mol. The van der Waals surface area contributed by atoms with Crippen LogP contribution in [0.15, 0.2) is 0 Å². The minimum atomic E-state index is -3.10. The van der Waals surface area contributed by atoms with Crippen molar-refractivity contribution in [2.75, 3.05) is 0 Å². The molecule has 0 radical (unpaired) electrons. The lowest BCUT2D eigenvalue weighted by Crippen LogP contribution is -2.72. The second-order valence-corrected chi connectivity index (χ2v) is 3.68.